The van der Waals surface area contributed by atoms with Gasteiger partial charge < -0.3 is 0 Å². The van der Waals surface area contributed by atoms with Crippen LogP contribution in [0.25, 0.3) is 0 Å². The molecule has 13 heavy (non-hydrogen) atoms. The number of benzene rings is 1. The molecule has 0 atom stereocenters. The van der Waals surface area contributed by atoms with Crippen LogP contribution in [0.15, 0.2) is 41.8 Å². The van der Waals surface area contributed by atoms with E-state index in [2.05, 4.69) is 6.58 Å². The van der Waals surface area contributed by atoms with Crippen molar-refractivity contribution in [3.8, 4) is 0 Å². The summed E-state index contributed by atoms with van der Waals surface area (Å²) in [5, 5.41) is 0. The van der Waals surface area contributed by atoms with Gasteiger partial charge in [0.2, 0.25) is 0 Å². The maximum atomic E-state index is 10.8. The topological polar surface area (TPSA) is 54.4 Å². The Kier molecular flexibility index (Phi) is 2.85. The van der Waals surface area contributed by atoms with E-state index in [-0.39, 0.29) is 4.90 Å². The largest absolute Gasteiger partial charge is 0.294 e. The Balaban J connectivity index is 3.28. The van der Waals surface area contributed by atoms with Crippen molar-refractivity contribution >= 4 is 10.1 Å². The molecule has 0 aromatic heterocycles. The van der Waals surface area contributed by atoms with Crippen molar-refractivity contribution in [2.45, 2.75) is 4.90 Å². The highest BCUT2D eigenvalue weighted by atomic mass is 32.2. The lowest BCUT2D eigenvalue weighted by Crippen LogP contribution is -2.01. The predicted molar refractivity (Wildman–Crippen MR) is 49.9 cm³/mol. The molecule has 69 valence electrons. The SMILES string of the molecule is C=C[CH]c1ccccc1S(=O)(=O)O. The first-order valence-corrected chi connectivity index (χ1v) is 5.02. The highest BCUT2D eigenvalue weighted by Crippen LogP contribution is 2.16. The van der Waals surface area contributed by atoms with Gasteiger partial charge in [0.1, 0.15) is 0 Å². The molecule has 3 nitrogen and oxygen atoms in total. The summed E-state index contributed by atoms with van der Waals surface area (Å²) < 4.78 is 30.5. The Bertz CT molecular complexity index is 407. The van der Waals surface area contributed by atoms with Crippen LogP contribution in [0.1, 0.15) is 5.56 Å². The molecule has 1 N–H and O–H groups in total. The normalized spacial score (nSPS) is 11.2. The quantitative estimate of drug-likeness (QED) is 0.750. The van der Waals surface area contributed by atoms with E-state index in [9.17, 15) is 8.42 Å². The number of hydrogen-bond donors (Lipinski definition) is 1. The summed E-state index contributed by atoms with van der Waals surface area (Å²) >= 11 is 0. The summed E-state index contributed by atoms with van der Waals surface area (Å²) in [5.41, 5.74) is 0.431. The van der Waals surface area contributed by atoms with Crippen molar-refractivity contribution in [3.05, 3.63) is 48.9 Å². The van der Waals surface area contributed by atoms with Crippen LogP contribution in [0.3, 0.4) is 0 Å². The van der Waals surface area contributed by atoms with Gasteiger partial charge in [-0.1, -0.05) is 24.3 Å². The number of rotatable bonds is 3. The Morgan fingerprint density at radius 2 is 1.92 bits per heavy atom. The van der Waals surface area contributed by atoms with Crippen molar-refractivity contribution in [1.29, 1.82) is 0 Å². The Morgan fingerprint density at radius 3 is 2.46 bits per heavy atom. The van der Waals surface area contributed by atoms with E-state index in [0.717, 1.165) is 0 Å². The minimum absolute atomic E-state index is 0.102. The van der Waals surface area contributed by atoms with Gasteiger partial charge in [0.25, 0.3) is 10.1 Å². The van der Waals surface area contributed by atoms with Crippen molar-refractivity contribution < 1.29 is 13.0 Å². The van der Waals surface area contributed by atoms with Crippen LogP contribution in [-0.4, -0.2) is 13.0 Å². The van der Waals surface area contributed by atoms with Crippen LogP contribution < -0.4 is 0 Å². The predicted octanol–water partition coefficient (Wildman–Crippen LogP) is 1.67. The van der Waals surface area contributed by atoms with Crippen molar-refractivity contribution in [2.24, 2.45) is 0 Å². The Labute approximate surface area is 77.5 Å². The van der Waals surface area contributed by atoms with E-state index in [1.54, 1.807) is 18.2 Å². The maximum absolute atomic E-state index is 10.8. The molecule has 0 unspecified atom stereocenters. The maximum Gasteiger partial charge on any atom is 0.294 e. The van der Waals surface area contributed by atoms with Crippen LogP contribution in [0.4, 0.5) is 0 Å². The van der Waals surface area contributed by atoms with Crippen molar-refractivity contribution in [1.82, 2.24) is 0 Å². The summed E-state index contributed by atoms with van der Waals surface area (Å²) in [6.45, 7) is 3.45. The third kappa shape index (κ3) is 2.40. The second-order valence-electron chi connectivity index (χ2n) is 2.42. The van der Waals surface area contributed by atoms with Gasteiger partial charge in [0.15, 0.2) is 0 Å². The molecule has 0 amide bonds. The lowest BCUT2D eigenvalue weighted by Gasteiger charge is -2.02. The van der Waals surface area contributed by atoms with E-state index in [1.165, 1.54) is 18.6 Å². The van der Waals surface area contributed by atoms with Crippen LogP contribution in [0.5, 0.6) is 0 Å². The van der Waals surface area contributed by atoms with Gasteiger partial charge in [-0.05, 0) is 11.6 Å². The zero-order valence-electron chi connectivity index (χ0n) is 6.84. The van der Waals surface area contributed by atoms with Gasteiger partial charge in [0, 0.05) is 6.42 Å². The smallest absolute Gasteiger partial charge is 0.282 e. The van der Waals surface area contributed by atoms with Gasteiger partial charge >= 0.3 is 0 Å². The summed E-state index contributed by atoms with van der Waals surface area (Å²) in [6, 6.07) is 6.16. The monoisotopic (exact) mass is 197 g/mol. The summed E-state index contributed by atoms with van der Waals surface area (Å²) in [5.74, 6) is 0. The fourth-order valence-corrected chi connectivity index (χ4v) is 1.66. The van der Waals surface area contributed by atoms with Crippen molar-refractivity contribution in [2.75, 3.05) is 0 Å². The molecular formula is C9H9O3S. The average molecular weight is 197 g/mol. The third-order valence-electron chi connectivity index (χ3n) is 1.49. The molecule has 0 aliphatic carbocycles. The molecule has 0 aliphatic heterocycles. The summed E-state index contributed by atoms with van der Waals surface area (Å²) in [7, 11) is -4.13. The summed E-state index contributed by atoms with van der Waals surface area (Å²) in [6.07, 6.45) is 2.98. The molecule has 0 heterocycles. The second kappa shape index (κ2) is 3.72. The van der Waals surface area contributed by atoms with Crippen molar-refractivity contribution in [3.63, 3.8) is 0 Å². The fourth-order valence-electron chi connectivity index (χ4n) is 0.980. The third-order valence-corrected chi connectivity index (χ3v) is 2.42. The molecule has 0 fully saturated rings. The number of hydrogen-bond acceptors (Lipinski definition) is 2. The van der Waals surface area contributed by atoms with Gasteiger partial charge in [0.05, 0.1) is 4.90 Å². The fraction of sp³-hybridized carbons (Fsp3) is 0. The first-order chi connectivity index (χ1) is 6.05. The lowest BCUT2D eigenvalue weighted by molar-refractivity contribution is 0.483. The molecule has 1 aromatic rings. The van der Waals surface area contributed by atoms with E-state index in [1.807, 2.05) is 0 Å². The first-order valence-electron chi connectivity index (χ1n) is 3.58. The van der Waals surface area contributed by atoms with E-state index in [0.29, 0.717) is 5.56 Å². The minimum Gasteiger partial charge on any atom is -0.282 e. The zero-order chi connectivity index (χ0) is 9.90. The molecule has 4 heteroatoms. The summed E-state index contributed by atoms with van der Waals surface area (Å²) in [4.78, 5) is -0.102. The van der Waals surface area contributed by atoms with E-state index >= 15 is 0 Å². The lowest BCUT2D eigenvalue weighted by atomic mass is 10.1. The first kappa shape index (κ1) is 9.95. The van der Waals surface area contributed by atoms with E-state index < -0.39 is 10.1 Å². The molecule has 0 aliphatic rings. The molecule has 0 bridgehead atoms. The average Bonchev–Trinajstić information content (AvgIpc) is 2.04. The molecular weight excluding hydrogens is 188 g/mol. The Morgan fingerprint density at radius 1 is 1.31 bits per heavy atom. The number of allylic oxidation sites excluding steroid dienone is 1. The Hall–Kier alpha value is -1.13. The van der Waals surface area contributed by atoms with Gasteiger partial charge in [-0.2, -0.15) is 8.42 Å². The van der Waals surface area contributed by atoms with E-state index in [4.69, 9.17) is 4.55 Å². The molecule has 0 saturated heterocycles. The molecule has 0 saturated carbocycles. The second-order valence-corrected chi connectivity index (χ2v) is 3.81. The zero-order valence-corrected chi connectivity index (χ0v) is 7.66. The minimum atomic E-state index is -4.13. The van der Waals surface area contributed by atoms with Crippen LogP contribution >= 0.6 is 0 Å². The van der Waals surface area contributed by atoms with Gasteiger partial charge in [-0.25, -0.2) is 0 Å². The molecule has 1 aromatic carbocycles. The molecule has 1 rings (SSSR count). The molecule has 0 spiro atoms. The molecule has 1 radical (unpaired) electrons. The van der Waals surface area contributed by atoms with Gasteiger partial charge in [-0.15, -0.1) is 6.58 Å². The highest BCUT2D eigenvalue weighted by molar-refractivity contribution is 7.85. The van der Waals surface area contributed by atoms with Crippen LogP contribution in [0.2, 0.25) is 0 Å². The van der Waals surface area contributed by atoms with Crippen LogP contribution in [-0.2, 0) is 10.1 Å². The standard InChI is InChI=1S/C9H9O3S/c1-2-5-8-6-3-4-7-9(8)13(10,11)12/h2-7H,1H2,(H,10,11,12). The van der Waals surface area contributed by atoms with Crippen LogP contribution in [0, 0.1) is 6.42 Å². The van der Waals surface area contributed by atoms with Gasteiger partial charge in [-0.3, -0.25) is 4.55 Å². The highest BCUT2D eigenvalue weighted by Gasteiger charge is 2.12.